The Labute approximate surface area is 139 Å². The number of nitrogens with one attached hydrogen (secondary N) is 1. The van der Waals surface area contributed by atoms with Gasteiger partial charge in [0.2, 0.25) is 5.88 Å². The van der Waals surface area contributed by atoms with Crippen molar-refractivity contribution in [1.82, 2.24) is 4.98 Å². The number of carbonyl (C=O) groups is 1. The monoisotopic (exact) mass is 327 g/mol. The molecular formula is C17H17N3O4. The predicted octanol–water partition coefficient (Wildman–Crippen LogP) is 2.38. The van der Waals surface area contributed by atoms with Gasteiger partial charge in [0.25, 0.3) is 5.91 Å². The highest BCUT2D eigenvalue weighted by Gasteiger charge is 2.10. The normalized spacial score (nSPS) is 9.71. The van der Waals surface area contributed by atoms with Crippen LogP contribution in [0.5, 0.6) is 17.4 Å². The lowest BCUT2D eigenvalue weighted by Gasteiger charge is -2.12. The van der Waals surface area contributed by atoms with E-state index in [2.05, 4.69) is 10.3 Å². The molecule has 1 N–H and O–H groups in total. The van der Waals surface area contributed by atoms with Crippen LogP contribution in [0.1, 0.15) is 12.5 Å². The van der Waals surface area contributed by atoms with Gasteiger partial charge in [-0.2, -0.15) is 5.26 Å². The third-order valence-electron chi connectivity index (χ3n) is 2.96. The summed E-state index contributed by atoms with van der Waals surface area (Å²) in [5, 5.41) is 11.6. The minimum Gasteiger partial charge on any atom is -0.490 e. The molecule has 0 spiro atoms. The van der Waals surface area contributed by atoms with Crippen molar-refractivity contribution in [2.45, 2.75) is 6.92 Å². The van der Waals surface area contributed by atoms with Gasteiger partial charge in [-0.15, -0.1) is 0 Å². The maximum absolute atomic E-state index is 11.9. The molecule has 7 heteroatoms. The quantitative estimate of drug-likeness (QED) is 0.839. The van der Waals surface area contributed by atoms with E-state index in [0.29, 0.717) is 35.2 Å². The maximum Gasteiger partial charge on any atom is 0.262 e. The molecule has 1 aromatic heterocycles. The van der Waals surface area contributed by atoms with E-state index in [0.717, 1.165) is 0 Å². The molecule has 1 heterocycles. The predicted molar refractivity (Wildman–Crippen MR) is 87.2 cm³/mol. The number of hydrogen-bond donors (Lipinski definition) is 1. The molecule has 1 amide bonds. The maximum atomic E-state index is 11.9. The van der Waals surface area contributed by atoms with Gasteiger partial charge in [-0.05, 0) is 25.1 Å². The number of pyridine rings is 1. The average molecular weight is 327 g/mol. The number of ether oxygens (including phenoxy) is 3. The molecule has 0 bridgehead atoms. The highest BCUT2D eigenvalue weighted by Crippen LogP contribution is 2.28. The Morgan fingerprint density at radius 2 is 2.08 bits per heavy atom. The minimum absolute atomic E-state index is 0.196. The molecule has 0 atom stereocenters. The van der Waals surface area contributed by atoms with Crippen LogP contribution in [0.4, 0.5) is 5.69 Å². The van der Waals surface area contributed by atoms with Crippen LogP contribution in [0.25, 0.3) is 0 Å². The van der Waals surface area contributed by atoms with E-state index in [1.807, 2.05) is 13.0 Å². The van der Waals surface area contributed by atoms with E-state index in [1.54, 1.807) is 30.3 Å². The van der Waals surface area contributed by atoms with Crippen molar-refractivity contribution in [3.63, 3.8) is 0 Å². The van der Waals surface area contributed by atoms with E-state index in [4.69, 9.17) is 19.5 Å². The van der Waals surface area contributed by atoms with Crippen LogP contribution in [-0.4, -0.2) is 31.2 Å². The van der Waals surface area contributed by atoms with E-state index in [9.17, 15) is 4.79 Å². The molecule has 124 valence electrons. The van der Waals surface area contributed by atoms with Crippen LogP contribution in [0.15, 0.2) is 36.5 Å². The van der Waals surface area contributed by atoms with Gasteiger partial charge in [0.15, 0.2) is 18.1 Å². The number of anilines is 1. The molecule has 0 saturated carbocycles. The number of aromatic nitrogens is 1. The first-order valence-corrected chi connectivity index (χ1v) is 7.26. The fourth-order valence-corrected chi connectivity index (χ4v) is 1.88. The van der Waals surface area contributed by atoms with Gasteiger partial charge >= 0.3 is 0 Å². The summed E-state index contributed by atoms with van der Waals surface area (Å²) in [6.07, 6.45) is 1.49. The second-order valence-electron chi connectivity index (χ2n) is 4.63. The standard InChI is InChI=1S/C17H17N3O4/c1-3-23-15-8-12(9-18)4-6-14(15)24-11-16(21)20-13-5-7-17(22-2)19-10-13/h4-8,10H,3,11H2,1-2H3,(H,20,21). The van der Waals surface area contributed by atoms with Crippen molar-refractivity contribution in [3.8, 4) is 23.4 Å². The lowest BCUT2D eigenvalue weighted by molar-refractivity contribution is -0.118. The highest BCUT2D eigenvalue weighted by atomic mass is 16.5. The van der Waals surface area contributed by atoms with Crippen LogP contribution in [0.2, 0.25) is 0 Å². The first-order valence-electron chi connectivity index (χ1n) is 7.26. The highest BCUT2D eigenvalue weighted by molar-refractivity contribution is 5.91. The Morgan fingerprint density at radius 1 is 1.25 bits per heavy atom. The lowest BCUT2D eigenvalue weighted by atomic mass is 10.2. The zero-order valence-electron chi connectivity index (χ0n) is 13.4. The number of amides is 1. The van der Waals surface area contributed by atoms with Gasteiger partial charge < -0.3 is 19.5 Å². The van der Waals surface area contributed by atoms with Crippen molar-refractivity contribution in [3.05, 3.63) is 42.1 Å². The third kappa shape index (κ3) is 4.61. The number of methoxy groups -OCH3 is 1. The van der Waals surface area contributed by atoms with Gasteiger partial charge in [-0.25, -0.2) is 4.98 Å². The molecule has 0 radical (unpaired) electrons. The van der Waals surface area contributed by atoms with Gasteiger partial charge in [0.1, 0.15) is 0 Å². The first kappa shape index (κ1) is 17.1. The molecule has 1 aromatic carbocycles. The summed E-state index contributed by atoms with van der Waals surface area (Å²) in [6.45, 7) is 2.05. The number of rotatable bonds is 7. The molecule has 0 saturated heterocycles. The van der Waals surface area contributed by atoms with Gasteiger partial charge in [-0.1, -0.05) is 0 Å². The summed E-state index contributed by atoms with van der Waals surface area (Å²) < 4.78 is 15.8. The Bertz CT molecular complexity index is 738. The van der Waals surface area contributed by atoms with Crippen molar-refractivity contribution < 1.29 is 19.0 Å². The summed E-state index contributed by atoms with van der Waals surface area (Å²) in [5.74, 6) is 0.950. The van der Waals surface area contributed by atoms with Crippen molar-refractivity contribution in [1.29, 1.82) is 5.26 Å². The third-order valence-corrected chi connectivity index (χ3v) is 2.96. The van der Waals surface area contributed by atoms with E-state index < -0.39 is 0 Å². The Kier molecular flexibility index (Phi) is 5.97. The number of benzene rings is 1. The largest absolute Gasteiger partial charge is 0.490 e. The molecule has 2 aromatic rings. The Hall–Kier alpha value is -3.27. The van der Waals surface area contributed by atoms with E-state index in [-0.39, 0.29) is 12.5 Å². The van der Waals surface area contributed by atoms with E-state index >= 15 is 0 Å². The zero-order chi connectivity index (χ0) is 17.4. The fraction of sp³-hybridized carbons (Fsp3) is 0.235. The topological polar surface area (TPSA) is 93.5 Å². The zero-order valence-corrected chi connectivity index (χ0v) is 13.4. The van der Waals surface area contributed by atoms with Crippen LogP contribution in [-0.2, 0) is 4.79 Å². The molecule has 2 rings (SSSR count). The SMILES string of the molecule is CCOc1cc(C#N)ccc1OCC(=O)Nc1ccc(OC)nc1. The van der Waals surface area contributed by atoms with Gasteiger partial charge in [-0.3, -0.25) is 4.79 Å². The van der Waals surface area contributed by atoms with Crippen LogP contribution < -0.4 is 19.5 Å². The van der Waals surface area contributed by atoms with Crippen molar-refractivity contribution in [2.24, 2.45) is 0 Å². The molecule has 0 unspecified atom stereocenters. The molecule has 24 heavy (non-hydrogen) atoms. The van der Waals surface area contributed by atoms with Gasteiger partial charge in [0.05, 0.1) is 37.2 Å². The lowest BCUT2D eigenvalue weighted by Crippen LogP contribution is -2.20. The van der Waals surface area contributed by atoms with Gasteiger partial charge in [0, 0.05) is 12.1 Å². The number of nitriles is 1. The van der Waals surface area contributed by atoms with Crippen LogP contribution in [0, 0.1) is 11.3 Å². The smallest absolute Gasteiger partial charge is 0.262 e. The number of nitrogens with zero attached hydrogens (tertiary/aromatic N) is 2. The Morgan fingerprint density at radius 3 is 2.71 bits per heavy atom. The molecule has 0 aliphatic rings. The molecule has 0 aliphatic heterocycles. The summed E-state index contributed by atoms with van der Waals surface area (Å²) in [5.41, 5.74) is 0.994. The summed E-state index contributed by atoms with van der Waals surface area (Å²) in [6, 6.07) is 10.1. The second kappa shape index (κ2) is 8.39. The van der Waals surface area contributed by atoms with Crippen molar-refractivity contribution >= 4 is 11.6 Å². The van der Waals surface area contributed by atoms with Crippen LogP contribution >= 0.6 is 0 Å². The number of carbonyl (C=O) groups excluding carboxylic acids is 1. The Balaban J connectivity index is 1.96. The summed E-state index contributed by atoms with van der Waals surface area (Å²) in [7, 11) is 1.52. The molecular weight excluding hydrogens is 310 g/mol. The molecule has 7 nitrogen and oxygen atoms in total. The number of hydrogen-bond acceptors (Lipinski definition) is 6. The fourth-order valence-electron chi connectivity index (χ4n) is 1.88. The minimum atomic E-state index is -0.339. The van der Waals surface area contributed by atoms with E-state index in [1.165, 1.54) is 13.3 Å². The molecule has 0 aliphatic carbocycles. The van der Waals surface area contributed by atoms with Crippen LogP contribution in [0.3, 0.4) is 0 Å². The second-order valence-corrected chi connectivity index (χ2v) is 4.63. The molecule has 0 fully saturated rings. The first-order chi connectivity index (χ1) is 11.7. The summed E-state index contributed by atoms with van der Waals surface area (Å²) in [4.78, 5) is 15.9. The van der Waals surface area contributed by atoms with Crippen molar-refractivity contribution in [2.75, 3.05) is 25.6 Å². The average Bonchev–Trinajstić information content (AvgIpc) is 2.61. The summed E-state index contributed by atoms with van der Waals surface area (Å²) >= 11 is 0.